The van der Waals surface area contributed by atoms with Crippen LogP contribution in [0.3, 0.4) is 0 Å². The van der Waals surface area contributed by atoms with E-state index in [0.29, 0.717) is 35.4 Å². The van der Waals surface area contributed by atoms with Crippen molar-refractivity contribution in [2.75, 3.05) is 23.7 Å². The van der Waals surface area contributed by atoms with Gasteiger partial charge in [-0.05, 0) is 36.1 Å². The van der Waals surface area contributed by atoms with Gasteiger partial charge in [0.2, 0.25) is 6.29 Å². The fourth-order valence-electron chi connectivity index (χ4n) is 5.96. The van der Waals surface area contributed by atoms with Crippen LogP contribution in [0.15, 0.2) is 67.4 Å². The van der Waals surface area contributed by atoms with Gasteiger partial charge in [0.15, 0.2) is 23.0 Å². The van der Waals surface area contributed by atoms with Gasteiger partial charge in [0.25, 0.3) is 6.43 Å². The number of carbonyl (C=O) groups excluding carboxylic acids is 1. The average molecular weight is 711 g/mol. The van der Waals surface area contributed by atoms with E-state index >= 15 is 8.78 Å². The highest BCUT2D eigenvalue weighted by Gasteiger charge is 2.43. The number of aromatic nitrogens is 5. The molecule has 1 unspecified atom stereocenters. The van der Waals surface area contributed by atoms with Crippen LogP contribution < -0.4 is 21.1 Å². The van der Waals surface area contributed by atoms with E-state index in [-0.39, 0.29) is 43.2 Å². The van der Waals surface area contributed by atoms with Crippen molar-refractivity contribution in [3.63, 3.8) is 0 Å². The zero-order chi connectivity index (χ0) is 36.3. The van der Waals surface area contributed by atoms with Gasteiger partial charge in [-0.1, -0.05) is 30.3 Å². The molecule has 0 radical (unpaired) electrons. The first-order chi connectivity index (χ1) is 24.4. The van der Waals surface area contributed by atoms with Crippen molar-refractivity contribution in [1.29, 1.82) is 0 Å². The Morgan fingerprint density at radius 3 is 2.63 bits per heavy atom. The van der Waals surface area contributed by atoms with Crippen molar-refractivity contribution < 1.29 is 41.7 Å². The number of halogens is 4. The average Bonchev–Trinajstić information content (AvgIpc) is 3.52. The molecule has 5 aromatic rings. The van der Waals surface area contributed by atoms with Crippen LogP contribution in [0.25, 0.3) is 22.4 Å². The Balaban J connectivity index is 1.27. The minimum Gasteiger partial charge on any atom is -0.452 e. The highest BCUT2D eigenvalue weighted by molar-refractivity contribution is 5.81. The summed E-state index contributed by atoms with van der Waals surface area (Å²) in [6.45, 7) is 1.61. The Bertz CT molecular complexity index is 2020. The van der Waals surface area contributed by atoms with Crippen LogP contribution >= 0.6 is 0 Å². The van der Waals surface area contributed by atoms with Gasteiger partial charge >= 0.3 is 6.16 Å². The molecule has 0 amide bonds. The summed E-state index contributed by atoms with van der Waals surface area (Å²) in [6.07, 6.45) is -2.79. The summed E-state index contributed by atoms with van der Waals surface area (Å²) in [7, 11) is 0. The lowest BCUT2D eigenvalue weighted by molar-refractivity contribution is -0.0569. The number of anilines is 2. The second kappa shape index (κ2) is 14.7. The van der Waals surface area contributed by atoms with Gasteiger partial charge in [-0.15, -0.1) is 0 Å². The number of nitrogens with two attached hydrogens (primary N) is 2. The molecule has 1 saturated heterocycles. The van der Waals surface area contributed by atoms with Crippen molar-refractivity contribution in [2.45, 2.75) is 57.3 Å². The van der Waals surface area contributed by atoms with Gasteiger partial charge in [0.1, 0.15) is 30.4 Å². The van der Waals surface area contributed by atoms with Crippen molar-refractivity contribution in [3.05, 3.63) is 90.1 Å². The molecule has 1 fully saturated rings. The number of benzene rings is 2. The Kier molecular flexibility index (Phi) is 10.2. The molecule has 3 aromatic heterocycles. The summed E-state index contributed by atoms with van der Waals surface area (Å²) in [5, 5.41) is 10.3. The third-order valence-electron chi connectivity index (χ3n) is 8.51. The van der Waals surface area contributed by atoms with Crippen LogP contribution in [-0.2, 0) is 22.6 Å². The van der Waals surface area contributed by atoms with Crippen LogP contribution in [-0.4, -0.2) is 73.2 Å². The molecule has 0 bridgehead atoms. The number of pyridine rings is 1. The van der Waals surface area contributed by atoms with E-state index in [1.807, 2.05) is 6.07 Å². The van der Waals surface area contributed by atoms with Gasteiger partial charge in [-0.25, -0.2) is 37.3 Å². The molecule has 4 heterocycles. The van der Waals surface area contributed by atoms with Crippen molar-refractivity contribution in [2.24, 2.45) is 5.73 Å². The first-order valence-electron chi connectivity index (χ1n) is 15.9. The molecule has 17 heteroatoms. The molecule has 0 aliphatic carbocycles. The van der Waals surface area contributed by atoms with Gasteiger partial charge in [0.05, 0.1) is 36.0 Å². The molecule has 3 atom stereocenters. The van der Waals surface area contributed by atoms with Gasteiger partial charge in [0, 0.05) is 31.6 Å². The number of carbonyl (C=O) groups is 1. The number of aliphatic hydroxyl groups is 1. The van der Waals surface area contributed by atoms with Crippen molar-refractivity contribution in [1.82, 2.24) is 24.5 Å². The number of aliphatic hydroxyl groups excluding tert-OH is 1. The summed E-state index contributed by atoms with van der Waals surface area (Å²) in [6, 6.07) is 12.1. The fraction of sp³-hybridized carbons (Fsp3) is 0.324. The standard InChI is InChI=1S/C34H34F4N8O5/c1-19(51-33(48)49-15-20-6-3-2-4-7-20)50-27-12-23(35)22(11-24(27)36)25-10-21(14-46-18-44-28-31(39)42-17-43-32(28)46)26(13-41-25)45-9-5-8-34(40,16-45)29(47)30(37)38/h2-4,6-7,10-13,17-19,29-30,47H,5,8-9,14-16,40H2,1H3,(H2,39,42,43)/t19?,29-,34-/m1/s1. The van der Waals surface area contributed by atoms with Crippen LogP contribution in [0, 0.1) is 11.6 Å². The molecule has 268 valence electrons. The number of alkyl halides is 2. The van der Waals surface area contributed by atoms with E-state index in [4.69, 9.17) is 25.7 Å². The third-order valence-corrected chi connectivity index (χ3v) is 8.51. The first-order valence-corrected chi connectivity index (χ1v) is 15.9. The minimum atomic E-state index is -3.05. The lowest BCUT2D eigenvalue weighted by Gasteiger charge is -2.44. The molecule has 1 aliphatic heterocycles. The topological polar surface area (TPSA) is 177 Å². The number of ether oxygens (including phenoxy) is 3. The summed E-state index contributed by atoms with van der Waals surface area (Å²) in [5.41, 5.74) is 12.9. The fourth-order valence-corrected chi connectivity index (χ4v) is 5.96. The van der Waals surface area contributed by atoms with Gasteiger partial charge in [-0.2, -0.15) is 0 Å². The largest absolute Gasteiger partial charge is 0.511 e. The maximum atomic E-state index is 15.6. The van der Waals surface area contributed by atoms with Crippen molar-refractivity contribution in [3.8, 4) is 17.0 Å². The maximum Gasteiger partial charge on any atom is 0.511 e. The Morgan fingerprint density at radius 2 is 1.86 bits per heavy atom. The van der Waals surface area contributed by atoms with E-state index in [0.717, 1.165) is 17.7 Å². The quantitative estimate of drug-likeness (QED) is 0.0971. The van der Waals surface area contributed by atoms with E-state index in [1.54, 1.807) is 33.7 Å². The van der Waals surface area contributed by atoms with Crippen LogP contribution in [0.5, 0.6) is 5.75 Å². The van der Waals surface area contributed by atoms with E-state index < -0.39 is 47.9 Å². The molecule has 1 aliphatic rings. The number of hydrogen-bond donors (Lipinski definition) is 3. The van der Waals surface area contributed by atoms with Crippen molar-refractivity contribution >= 4 is 28.8 Å². The Labute approximate surface area is 288 Å². The minimum absolute atomic E-state index is 0.0349. The molecular weight excluding hydrogens is 676 g/mol. The predicted molar refractivity (Wildman–Crippen MR) is 177 cm³/mol. The zero-order valence-electron chi connectivity index (χ0n) is 27.3. The van der Waals surface area contributed by atoms with Crippen LogP contribution in [0.4, 0.5) is 33.9 Å². The molecule has 2 aromatic carbocycles. The lowest BCUT2D eigenvalue weighted by Crippen LogP contribution is -2.63. The molecule has 0 spiro atoms. The third kappa shape index (κ3) is 7.78. The number of imidazole rings is 1. The van der Waals surface area contributed by atoms with E-state index in [2.05, 4.69) is 19.9 Å². The molecular formula is C34H34F4N8O5. The number of nitrogens with zero attached hydrogens (tertiary/aromatic N) is 6. The second-order valence-corrected chi connectivity index (χ2v) is 12.1. The van der Waals surface area contributed by atoms with Gasteiger partial charge in [-0.3, -0.25) is 4.98 Å². The van der Waals surface area contributed by atoms with Crippen LogP contribution in [0.1, 0.15) is 30.9 Å². The van der Waals surface area contributed by atoms with E-state index in [9.17, 15) is 18.7 Å². The monoisotopic (exact) mass is 710 g/mol. The first kappa shape index (κ1) is 35.3. The Morgan fingerprint density at radius 1 is 1.08 bits per heavy atom. The number of fused-ring (bicyclic) bond motifs is 1. The summed E-state index contributed by atoms with van der Waals surface area (Å²) in [5.74, 6) is -2.24. The second-order valence-electron chi connectivity index (χ2n) is 12.1. The Hall–Kier alpha value is -5.55. The summed E-state index contributed by atoms with van der Waals surface area (Å²) in [4.78, 5) is 30.7. The number of hydrogen-bond acceptors (Lipinski definition) is 12. The molecule has 6 rings (SSSR count). The zero-order valence-corrected chi connectivity index (χ0v) is 27.3. The lowest BCUT2D eigenvalue weighted by atomic mass is 9.84. The highest BCUT2D eigenvalue weighted by Crippen LogP contribution is 2.35. The number of piperidine rings is 1. The molecule has 0 saturated carbocycles. The molecule has 5 N–H and O–H groups in total. The normalized spacial score (nSPS) is 17.4. The van der Waals surface area contributed by atoms with Crippen LogP contribution in [0.2, 0.25) is 0 Å². The number of rotatable bonds is 11. The molecule has 13 nitrogen and oxygen atoms in total. The summed E-state index contributed by atoms with van der Waals surface area (Å²) < 4.78 is 75.2. The predicted octanol–water partition coefficient (Wildman–Crippen LogP) is 4.80. The van der Waals surface area contributed by atoms with E-state index in [1.165, 1.54) is 31.8 Å². The summed E-state index contributed by atoms with van der Waals surface area (Å²) >= 11 is 0. The molecule has 51 heavy (non-hydrogen) atoms. The maximum absolute atomic E-state index is 15.6. The van der Waals surface area contributed by atoms with Gasteiger partial charge < -0.3 is 40.3 Å². The SMILES string of the molecule is CC(OC(=O)OCc1ccccc1)Oc1cc(F)c(-c2cc(Cn3cnc4c(N)ncnc43)c(N3CCC[C@](N)([C@H](O)C(F)F)C3)cn2)cc1F. The smallest absolute Gasteiger partial charge is 0.452 e. The highest BCUT2D eigenvalue weighted by atomic mass is 19.3. The number of nitrogen functional groups attached to an aromatic ring is 1.